The van der Waals surface area contributed by atoms with Crippen LogP contribution in [-0.4, -0.2) is 28.8 Å². The number of hydrogen-bond acceptors (Lipinski definition) is 9. The van der Waals surface area contributed by atoms with Gasteiger partial charge in [-0.3, -0.25) is 10.1 Å². The van der Waals surface area contributed by atoms with Gasteiger partial charge in [0.25, 0.3) is 5.69 Å². The Balaban J connectivity index is 1.18. The molecule has 34 heavy (non-hydrogen) atoms. The van der Waals surface area contributed by atoms with Crippen LogP contribution in [0.4, 0.5) is 10.5 Å². The van der Waals surface area contributed by atoms with Gasteiger partial charge in [0.05, 0.1) is 4.92 Å². The Kier molecular flexibility index (Phi) is 6.26. The second-order valence-corrected chi connectivity index (χ2v) is 10.4. The van der Waals surface area contributed by atoms with E-state index < -0.39 is 28.8 Å². The van der Waals surface area contributed by atoms with Gasteiger partial charge in [0.1, 0.15) is 11.9 Å². The van der Waals surface area contributed by atoms with Crippen molar-refractivity contribution < 1.29 is 38.7 Å². The average Bonchev–Trinajstić information content (AvgIpc) is 2.79. The summed E-state index contributed by atoms with van der Waals surface area (Å²) in [6, 6.07) is 5.21. The van der Waals surface area contributed by atoms with Crippen LogP contribution in [0.3, 0.4) is 0 Å². The van der Waals surface area contributed by atoms with Gasteiger partial charge in [-0.2, -0.15) is 19.6 Å². The Morgan fingerprint density at radius 3 is 2.50 bits per heavy atom. The fourth-order valence-corrected chi connectivity index (χ4v) is 6.24. The molecule has 10 nitrogen and oxygen atoms in total. The largest absolute Gasteiger partial charge is 0.514 e. The number of carbonyl (C=O) groups is 1. The van der Waals surface area contributed by atoms with Crippen LogP contribution in [0, 0.1) is 33.8 Å². The summed E-state index contributed by atoms with van der Waals surface area (Å²) >= 11 is 0. The molecule has 4 aliphatic rings. The normalized spacial score (nSPS) is 39.5. The highest BCUT2D eigenvalue weighted by atomic mass is 17.4. The minimum absolute atomic E-state index is 0.0928. The standard InChI is InChI=1S/C24H31NO9/c1-15-10-17-12-16(2)24(18(11-15)13-17)33-31-23(32-34-24)9-3-4-21(14-23)30-22(26)29-20-7-5-19(6-8-20)25(27)28/h5-8,15-18,21H,3-4,9-14H2,1-2H3. The zero-order valence-corrected chi connectivity index (χ0v) is 19.5. The van der Waals surface area contributed by atoms with Gasteiger partial charge in [-0.25, -0.2) is 4.79 Å². The highest BCUT2D eigenvalue weighted by Crippen LogP contribution is 2.55. The summed E-state index contributed by atoms with van der Waals surface area (Å²) in [5.41, 5.74) is -0.0928. The van der Waals surface area contributed by atoms with Crippen LogP contribution in [0.1, 0.15) is 65.2 Å². The lowest BCUT2D eigenvalue weighted by Crippen LogP contribution is -2.62. The summed E-state index contributed by atoms with van der Waals surface area (Å²) in [7, 11) is 0. The summed E-state index contributed by atoms with van der Waals surface area (Å²) < 4.78 is 10.6. The molecular weight excluding hydrogens is 446 g/mol. The van der Waals surface area contributed by atoms with E-state index in [1.807, 2.05) is 0 Å². The van der Waals surface area contributed by atoms with E-state index >= 15 is 0 Å². The Morgan fingerprint density at radius 2 is 1.79 bits per heavy atom. The van der Waals surface area contributed by atoms with Crippen molar-refractivity contribution in [3.63, 3.8) is 0 Å². The summed E-state index contributed by atoms with van der Waals surface area (Å²) in [5.74, 6) is -0.219. The molecule has 2 bridgehead atoms. The van der Waals surface area contributed by atoms with Gasteiger partial charge >= 0.3 is 6.16 Å². The van der Waals surface area contributed by atoms with Crippen molar-refractivity contribution in [1.82, 2.24) is 0 Å². The number of nitrogens with zero attached hydrogens (tertiary/aromatic N) is 1. The highest BCUT2D eigenvalue weighted by Gasteiger charge is 2.60. The molecule has 4 fully saturated rings. The molecule has 0 radical (unpaired) electrons. The lowest BCUT2D eigenvalue weighted by Gasteiger charge is -2.55. The van der Waals surface area contributed by atoms with E-state index in [-0.39, 0.29) is 29.7 Å². The van der Waals surface area contributed by atoms with Crippen molar-refractivity contribution in [2.75, 3.05) is 0 Å². The third kappa shape index (κ3) is 4.51. The van der Waals surface area contributed by atoms with Gasteiger partial charge in [-0.05, 0) is 62.5 Å². The van der Waals surface area contributed by atoms with Crippen molar-refractivity contribution in [1.29, 1.82) is 0 Å². The van der Waals surface area contributed by atoms with E-state index in [0.717, 1.165) is 19.3 Å². The van der Waals surface area contributed by atoms with Crippen molar-refractivity contribution in [3.05, 3.63) is 34.4 Å². The maximum atomic E-state index is 12.3. The van der Waals surface area contributed by atoms with Crippen LogP contribution < -0.4 is 4.74 Å². The minimum Gasteiger partial charge on any atom is -0.430 e. The van der Waals surface area contributed by atoms with Crippen molar-refractivity contribution in [2.45, 2.75) is 82.9 Å². The number of nitro groups is 1. The molecule has 10 heteroatoms. The molecule has 1 aromatic rings. The first kappa shape index (κ1) is 23.5. The predicted octanol–water partition coefficient (Wildman–Crippen LogP) is 5.45. The first-order chi connectivity index (χ1) is 16.3. The maximum absolute atomic E-state index is 12.3. The lowest BCUT2D eigenvalue weighted by atomic mass is 9.62. The van der Waals surface area contributed by atoms with Crippen LogP contribution in [0.25, 0.3) is 0 Å². The Morgan fingerprint density at radius 1 is 1.06 bits per heavy atom. The van der Waals surface area contributed by atoms with Crippen molar-refractivity contribution in [2.24, 2.45) is 23.7 Å². The smallest absolute Gasteiger partial charge is 0.430 e. The van der Waals surface area contributed by atoms with Gasteiger partial charge in [-0.1, -0.05) is 13.8 Å². The summed E-state index contributed by atoms with van der Waals surface area (Å²) in [6.45, 7) is 4.40. The molecule has 3 saturated carbocycles. The number of carbonyl (C=O) groups excluding carboxylic acids is 1. The predicted molar refractivity (Wildman–Crippen MR) is 116 cm³/mol. The van der Waals surface area contributed by atoms with Gasteiger partial charge in [-0.15, -0.1) is 0 Å². The first-order valence-electron chi connectivity index (χ1n) is 12.1. The summed E-state index contributed by atoms with van der Waals surface area (Å²) in [5, 5.41) is 10.8. The molecular formula is C24H31NO9. The molecule has 0 aromatic heterocycles. The first-order valence-corrected chi connectivity index (χ1v) is 12.1. The van der Waals surface area contributed by atoms with E-state index in [4.69, 9.17) is 29.0 Å². The number of hydrogen-bond donors (Lipinski definition) is 0. The Hall–Kier alpha value is -2.27. The minimum atomic E-state index is -1.14. The molecule has 0 N–H and O–H groups in total. The molecule has 5 atom stereocenters. The highest BCUT2D eigenvalue weighted by molar-refractivity contribution is 5.64. The van der Waals surface area contributed by atoms with Crippen LogP contribution in [0.5, 0.6) is 5.75 Å². The molecule has 0 amide bonds. The van der Waals surface area contributed by atoms with Crippen molar-refractivity contribution >= 4 is 11.8 Å². The number of ether oxygens (including phenoxy) is 2. The average molecular weight is 478 g/mol. The van der Waals surface area contributed by atoms with E-state index in [9.17, 15) is 14.9 Å². The number of benzene rings is 1. The van der Waals surface area contributed by atoms with E-state index in [1.165, 1.54) is 30.7 Å². The molecule has 3 aliphatic carbocycles. The fourth-order valence-electron chi connectivity index (χ4n) is 6.24. The lowest BCUT2D eigenvalue weighted by molar-refractivity contribution is -0.677. The second-order valence-electron chi connectivity index (χ2n) is 10.4. The quantitative estimate of drug-likeness (QED) is 0.184. The van der Waals surface area contributed by atoms with Gasteiger partial charge in [0, 0.05) is 36.8 Å². The molecule has 1 aromatic carbocycles. The van der Waals surface area contributed by atoms with Gasteiger partial charge < -0.3 is 9.47 Å². The maximum Gasteiger partial charge on any atom is 0.514 e. The summed E-state index contributed by atoms with van der Waals surface area (Å²) in [4.78, 5) is 46.5. The van der Waals surface area contributed by atoms with Gasteiger partial charge in [0.2, 0.25) is 11.6 Å². The van der Waals surface area contributed by atoms with Crippen LogP contribution in [0.15, 0.2) is 24.3 Å². The third-order valence-electron chi connectivity index (χ3n) is 7.76. The fraction of sp³-hybridized carbons (Fsp3) is 0.708. The van der Waals surface area contributed by atoms with Gasteiger partial charge in [0.15, 0.2) is 0 Å². The summed E-state index contributed by atoms with van der Waals surface area (Å²) in [6.07, 6.45) is 5.03. The van der Waals surface area contributed by atoms with Crippen molar-refractivity contribution in [3.8, 4) is 5.75 Å². The molecule has 186 valence electrons. The Bertz CT molecular complexity index is 908. The molecule has 5 unspecified atom stereocenters. The van der Waals surface area contributed by atoms with E-state index in [1.54, 1.807) is 0 Å². The third-order valence-corrected chi connectivity index (χ3v) is 7.76. The zero-order valence-electron chi connectivity index (χ0n) is 19.5. The Labute approximate surface area is 197 Å². The second kappa shape index (κ2) is 9.07. The molecule has 1 heterocycles. The topological polar surface area (TPSA) is 116 Å². The zero-order chi connectivity index (χ0) is 23.9. The van der Waals surface area contributed by atoms with E-state index in [0.29, 0.717) is 31.1 Å². The number of nitro benzene ring substituents is 1. The molecule has 5 rings (SSSR count). The monoisotopic (exact) mass is 477 g/mol. The molecule has 1 saturated heterocycles. The van der Waals surface area contributed by atoms with Crippen LogP contribution >= 0.6 is 0 Å². The van der Waals surface area contributed by atoms with E-state index in [2.05, 4.69) is 13.8 Å². The van der Waals surface area contributed by atoms with Crippen LogP contribution in [-0.2, 0) is 24.3 Å². The van der Waals surface area contributed by atoms with Crippen LogP contribution in [0.2, 0.25) is 0 Å². The number of rotatable bonds is 3. The molecule has 2 spiro atoms. The SMILES string of the molecule is CC1CC2CC(C)C3(OOC4(CCCC(OC(=O)Oc5ccc([N+](=O)[O-])cc5)C4)OO3)C(C1)C2. The number of non-ortho nitro benzene ring substituents is 1. The molecule has 1 aliphatic heterocycles. The number of fused-ring (bicyclic) bond motifs is 3.